The molecule has 1 saturated carbocycles. The molecule has 2 aliphatic rings. The van der Waals surface area contributed by atoms with Crippen molar-refractivity contribution in [3.8, 4) is 0 Å². The number of aromatic nitrogens is 2. The van der Waals surface area contributed by atoms with E-state index in [0.29, 0.717) is 45.5 Å². The Morgan fingerprint density at radius 3 is 2.89 bits per heavy atom. The second-order valence-electron chi connectivity index (χ2n) is 7.60. The van der Waals surface area contributed by atoms with Crippen LogP contribution in [0.2, 0.25) is 10.0 Å². The van der Waals surface area contributed by atoms with E-state index in [2.05, 4.69) is 9.97 Å². The molecule has 2 aromatic heterocycles. The van der Waals surface area contributed by atoms with Crippen LogP contribution in [0.1, 0.15) is 27.9 Å². The van der Waals surface area contributed by atoms with E-state index >= 15 is 0 Å². The summed E-state index contributed by atoms with van der Waals surface area (Å²) < 4.78 is 0. The fourth-order valence-corrected chi connectivity index (χ4v) is 5.06. The van der Waals surface area contributed by atoms with E-state index in [-0.39, 0.29) is 16.9 Å². The van der Waals surface area contributed by atoms with E-state index in [1.165, 1.54) is 0 Å². The van der Waals surface area contributed by atoms with Crippen molar-refractivity contribution in [2.45, 2.75) is 18.8 Å². The largest absolute Gasteiger partial charge is 0.360 e. The molecule has 2 N–H and O–H groups in total. The normalized spacial score (nSPS) is 23.7. The summed E-state index contributed by atoms with van der Waals surface area (Å²) in [5.74, 6) is 0.254. The number of rotatable bonds is 2. The third-order valence-electron chi connectivity index (χ3n) is 6.07. The Morgan fingerprint density at radius 1 is 1.26 bits per heavy atom. The average molecular weight is 402 g/mol. The minimum absolute atomic E-state index is 0.119. The molecule has 3 heterocycles. The highest BCUT2D eigenvalue weighted by molar-refractivity contribution is 6.42. The Morgan fingerprint density at radius 2 is 2.07 bits per heavy atom. The van der Waals surface area contributed by atoms with Crippen molar-refractivity contribution in [3.05, 3.63) is 67.7 Å². The highest BCUT2D eigenvalue weighted by atomic mass is 35.5. The van der Waals surface area contributed by atoms with Crippen molar-refractivity contribution in [3.63, 3.8) is 0 Å². The summed E-state index contributed by atoms with van der Waals surface area (Å²) in [6.45, 7) is 3.15. The maximum absolute atomic E-state index is 13.2. The fourth-order valence-electron chi connectivity index (χ4n) is 4.57. The molecule has 1 amide bonds. The van der Waals surface area contributed by atoms with Gasteiger partial charge in [0.1, 0.15) is 0 Å². The van der Waals surface area contributed by atoms with Gasteiger partial charge in [0.05, 0.1) is 26.5 Å². The Kier molecular flexibility index (Phi) is 3.52. The number of H-pyrrole nitrogens is 2. The maximum Gasteiger partial charge on any atom is 0.258 e. The predicted octanol–water partition coefficient (Wildman–Crippen LogP) is 3.89. The third kappa shape index (κ3) is 2.31. The second-order valence-corrected chi connectivity index (χ2v) is 8.38. The van der Waals surface area contributed by atoms with Crippen LogP contribution in [-0.2, 0) is 5.41 Å². The van der Waals surface area contributed by atoms with Crippen molar-refractivity contribution in [1.29, 1.82) is 0 Å². The van der Waals surface area contributed by atoms with Gasteiger partial charge in [-0.3, -0.25) is 9.59 Å². The van der Waals surface area contributed by atoms with Crippen LogP contribution in [-0.4, -0.2) is 33.9 Å². The summed E-state index contributed by atoms with van der Waals surface area (Å²) >= 11 is 12.6. The van der Waals surface area contributed by atoms with Gasteiger partial charge in [0.15, 0.2) is 0 Å². The minimum Gasteiger partial charge on any atom is -0.360 e. The molecular weight excluding hydrogens is 385 g/mol. The molecule has 2 unspecified atom stereocenters. The Labute approximate surface area is 165 Å². The summed E-state index contributed by atoms with van der Waals surface area (Å²) in [7, 11) is 0. The predicted molar refractivity (Wildman–Crippen MR) is 106 cm³/mol. The van der Waals surface area contributed by atoms with Crippen molar-refractivity contribution >= 4 is 40.0 Å². The van der Waals surface area contributed by atoms with Gasteiger partial charge < -0.3 is 14.9 Å². The van der Waals surface area contributed by atoms with Gasteiger partial charge in [-0.15, -0.1) is 0 Å². The van der Waals surface area contributed by atoms with E-state index in [1.807, 2.05) is 24.0 Å². The third-order valence-corrected chi connectivity index (χ3v) is 6.89. The van der Waals surface area contributed by atoms with Crippen LogP contribution in [0.25, 0.3) is 10.9 Å². The van der Waals surface area contributed by atoms with Crippen LogP contribution in [0, 0.1) is 12.8 Å². The lowest BCUT2D eigenvalue weighted by Crippen LogP contribution is -2.33. The fraction of sp³-hybridized carbons (Fsp3) is 0.300. The van der Waals surface area contributed by atoms with E-state index < -0.39 is 0 Å². The zero-order valence-electron chi connectivity index (χ0n) is 14.6. The van der Waals surface area contributed by atoms with Crippen LogP contribution >= 0.6 is 23.2 Å². The number of piperidine rings is 1. The number of nitrogens with one attached hydrogen (secondary N) is 2. The summed E-state index contributed by atoms with van der Waals surface area (Å²) in [6.07, 6.45) is 4.29. The molecule has 3 aromatic rings. The van der Waals surface area contributed by atoms with Gasteiger partial charge in [-0.1, -0.05) is 35.3 Å². The van der Waals surface area contributed by atoms with Gasteiger partial charge in [-0.2, -0.15) is 0 Å². The van der Waals surface area contributed by atoms with E-state index in [1.54, 1.807) is 18.5 Å². The first kappa shape index (κ1) is 16.9. The van der Waals surface area contributed by atoms with E-state index in [4.69, 9.17) is 23.2 Å². The van der Waals surface area contributed by atoms with Crippen LogP contribution in [0.3, 0.4) is 0 Å². The Balaban J connectivity index is 1.50. The van der Waals surface area contributed by atoms with Crippen molar-refractivity contribution in [1.82, 2.24) is 14.9 Å². The Hall–Kier alpha value is -2.24. The van der Waals surface area contributed by atoms with Crippen molar-refractivity contribution in [2.24, 2.45) is 5.92 Å². The molecule has 1 aromatic carbocycles. The number of amides is 1. The number of aromatic amines is 2. The SMILES string of the molecule is Cc1c[nH]c(=O)c2c(C(=O)N3CC4CC4(c4cccc(Cl)c4Cl)C3)c[nH]c12. The molecule has 7 heteroatoms. The highest BCUT2D eigenvalue weighted by Crippen LogP contribution is 2.61. The summed E-state index contributed by atoms with van der Waals surface area (Å²) in [4.78, 5) is 33.1. The smallest absolute Gasteiger partial charge is 0.258 e. The standard InChI is InChI=1S/C20H17Cl2N3O2/c1-10-6-24-18(26)15-12(7-23-17(10)15)19(27)25-8-11-5-20(11,9-25)13-3-2-4-14(21)16(13)22/h2-4,6-7,11,23H,5,8-9H2,1H3,(H,24,26). The molecule has 0 spiro atoms. The van der Waals surface area contributed by atoms with Crippen LogP contribution in [0.4, 0.5) is 0 Å². The maximum atomic E-state index is 13.2. The molecule has 5 nitrogen and oxygen atoms in total. The van der Waals surface area contributed by atoms with Gasteiger partial charge in [-0.25, -0.2) is 0 Å². The highest BCUT2D eigenvalue weighted by Gasteiger charge is 2.62. The topological polar surface area (TPSA) is 69.0 Å². The van der Waals surface area contributed by atoms with Crippen molar-refractivity contribution in [2.75, 3.05) is 13.1 Å². The number of benzene rings is 1. The van der Waals surface area contributed by atoms with Gasteiger partial charge >= 0.3 is 0 Å². The Bertz CT molecular complexity index is 1170. The number of nitrogens with zero attached hydrogens (tertiary/aromatic N) is 1. The molecule has 27 heavy (non-hydrogen) atoms. The lowest BCUT2D eigenvalue weighted by Gasteiger charge is -2.22. The zero-order valence-corrected chi connectivity index (χ0v) is 16.1. The number of hydrogen-bond donors (Lipinski definition) is 2. The molecule has 1 saturated heterocycles. The first-order chi connectivity index (χ1) is 12.9. The number of aryl methyl sites for hydroxylation is 1. The lowest BCUT2D eigenvalue weighted by molar-refractivity contribution is 0.0774. The first-order valence-corrected chi connectivity index (χ1v) is 9.61. The number of carbonyl (C=O) groups is 1. The monoisotopic (exact) mass is 401 g/mol. The molecule has 1 aliphatic carbocycles. The molecule has 5 rings (SSSR count). The molecule has 2 atom stereocenters. The van der Waals surface area contributed by atoms with Gasteiger partial charge in [0.2, 0.25) is 0 Å². The quantitative estimate of drug-likeness (QED) is 0.683. The number of hydrogen-bond acceptors (Lipinski definition) is 2. The minimum atomic E-state index is -0.253. The molecule has 0 radical (unpaired) electrons. The molecule has 1 aliphatic heterocycles. The summed E-state index contributed by atoms with van der Waals surface area (Å²) in [5, 5.41) is 1.54. The average Bonchev–Trinajstić information content (AvgIpc) is 3.03. The summed E-state index contributed by atoms with van der Waals surface area (Å²) in [5.41, 5.74) is 2.67. The molecule has 0 bridgehead atoms. The lowest BCUT2D eigenvalue weighted by atomic mass is 9.95. The molecular formula is C20H17Cl2N3O2. The van der Waals surface area contributed by atoms with Crippen molar-refractivity contribution < 1.29 is 4.79 Å². The van der Waals surface area contributed by atoms with Gasteiger partial charge in [0.25, 0.3) is 11.5 Å². The van der Waals surface area contributed by atoms with Gasteiger partial charge in [0, 0.05) is 30.9 Å². The van der Waals surface area contributed by atoms with Crippen LogP contribution < -0.4 is 5.56 Å². The second kappa shape index (κ2) is 5.63. The van der Waals surface area contributed by atoms with Crippen LogP contribution in [0.15, 0.2) is 35.4 Å². The number of fused-ring (bicyclic) bond motifs is 2. The number of likely N-dealkylation sites (tertiary alicyclic amines) is 1. The number of carbonyl (C=O) groups excluding carboxylic acids is 1. The number of halogens is 2. The zero-order chi connectivity index (χ0) is 18.9. The molecule has 138 valence electrons. The van der Waals surface area contributed by atoms with E-state index in [9.17, 15) is 9.59 Å². The van der Waals surface area contributed by atoms with Crippen LogP contribution in [0.5, 0.6) is 0 Å². The van der Waals surface area contributed by atoms with Gasteiger partial charge in [-0.05, 0) is 36.5 Å². The molecule has 2 fully saturated rings. The van der Waals surface area contributed by atoms with E-state index in [0.717, 1.165) is 17.5 Å². The first-order valence-electron chi connectivity index (χ1n) is 8.85. The summed E-state index contributed by atoms with van der Waals surface area (Å²) in [6, 6.07) is 5.68. The number of pyridine rings is 1.